The van der Waals surface area contributed by atoms with Gasteiger partial charge >= 0.3 is 0 Å². The number of rotatable bonds is 8. The average Bonchev–Trinajstić information content (AvgIpc) is 3.33. The highest BCUT2D eigenvalue weighted by atomic mass is 35.5. The maximum Gasteiger partial charge on any atom is 0.243 e. The maximum absolute atomic E-state index is 13.6. The van der Waals surface area contributed by atoms with Crippen LogP contribution in [0.4, 0.5) is 0 Å². The van der Waals surface area contributed by atoms with Gasteiger partial charge in [0.1, 0.15) is 0 Å². The SMILES string of the molecule is C[C@H]1CCCN(S(=O)(=O)c2ccc(S(=O)(=O)N(Cc3cccs3)Cc3ccccc3Cl)cc2)C1. The van der Waals surface area contributed by atoms with Gasteiger partial charge in [-0.3, -0.25) is 0 Å². The van der Waals surface area contributed by atoms with Crippen molar-refractivity contribution in [3.8, 4) is 0 Å². The highest BCUT2D eigenvalue weighted by Gasteiger charge is 2.30. The molecule has 1 fully saturated rings. The number of hydrogen-bond acceptors (Lipinski definition) is 5. The number of halogens is 1. The quantitative estimate of drug-likeness (QED) is 0.394. The fourth-order valence-electron chi connectivity index (χ4n) is 4.07. The fourth-order valence-corrected chi connectivity index (χ4v) is 8.06. The molecule has 10 heteroatoms. The van der Waals surface area contributed by atoms with Gasteiger partial charge in [0.2, 0.25) is 20.0 Å². The summed E-state index contributed by atoms with van der Waals surface area (Å²) in [5.41, 5.74) is 0.697. The summed E-state index contributed by atoms with van der Waals surface area (Å²) in [6, 6.07) is 16.4. The summed E-state index contributed by atoms with van der Waals surface area (Å²) in [6.07, 6.45) is 1.83. The molecule has 1 saturated heterocycles. The van der Waals surface area contributed by atoms with E-state index in [-0.39, 0.29) is 22.9 Å². The van der Waals surface area contributed by atoms with E-state index in [0.717, 1.165) is 17.7 Å². The number of hydrogen-bond donors (Lipinski definition) is 0. The Hall–Kier alpha value is -1.75. The zero-order valence-electron chi connectivity index (χ0n) is 18.8. The Kier molecular flexibility index (Phi) is 7.81. The third kappa shape index (κ3) is 5.56. The zero-order chi connectivity index (χ0) is 24.3. The van der Waals surface area contributed by atoms with Crippen molar-refractivity contribution in [3.63, 3.8) is 0 Å². The minimum atomic E-state index is -3.92. The standard InChI is InChI=1S/C24H27ClN2O4S3/c1-19-6-4-14-26(16-19)33(28,29)22-10-12-23(13-11-22)34(30,31)27(18-21-8-5-15-32-21)17-20-7-2-3-9-24(20)25/h2-3,5,7-13,15,19H,4,6,14,16-18H2,1H3/t19-/m0/s1. The molecule has 4 rings (SSSR count). The van der Waals surface area contributed by atoms with Gasteiger partial charge in [-0.05, 0) is 66.1 Å². The fraction of sp³-hybridized carbons (Fsp3) is 0.333. The molecular weight excluding hydrogens is 512 g/mol. The molecule has 2 heterocycles. The first-order valence-electron chi connectivity index (χ1n) is 11.0. The molecule has 1 atom stereocenters. The van der Waals surface area contributed by atoms with Crippen LogP contribution in [0.5, 0.6) is 0 Å². The first kappa shape index (κ1) is 25.3. The zero-order valence-corrected chi connectivity index (χ0v) is 22.0. The van der Waals surface area contributed by atoms with Gasteiger partial charge in [-0.2, -0.15) is 8.61 Å². The lowest BCUT2D eigenvalue weighted by Gasteiger charge is -2.30. The Morgan fingerprint density at radius 1 is 0.971 bits per heavy atom. The second-order valence-corrected chi connectivity index (χ2v) is 13.8. The molecule has 0 radical (unpaired) electrons. The van der Waals surface area contributed by atoms with E-state index >= 15 is 0 Å². The van der Waals surface area contributed by atoms with Gasteiger partial charge in [0.05, 0.1) is 9.79 Å². The number of thiophene rings is 1. The van der Waals surface area contributed by atoms with E-state index < -0.39 is 20.0 Å². The van der Waals surface area contributed by atoms with Crippen molar-refractivity contribution in [2.24, 2.45) is 5.92 Å². The van der Waals surface area contributed by atoms with E-state index in [4.69, 9.17) is 11.6 Å². The van der Waals surface area contributed by atoms with Gasteiger partial charge in [0, 0.05) is 36.1 Å². The summed E-state index contributed by atoms with van der Waals surface area (Å²) < 4.78 is 56.2. The largest absolute Gasteiger partial charge is 0.243 e. The maximum atomic E-state index is 13.6. The molecule has 1 aromatic heterocycles. The van der Waals surface area contributed by atoms with Gasteiger partial charge in [-0.25, -0.2) is 16.8 Å². The smallest absolute Gasteiger partial charge is 0.207 e. The summed E-state index contributed by atoms with van der Waals surface area (Å²) in [5.74, 6) is 0.304. The van der Waals surface area contributed by atoms with Crippen molar-refractivity contribution in [2.45, 2.75) is 42.6 Å². The van der Waals surface area contributed by atoms with E-state index in [9.17, 15) is 16.8 Å². The van der Waals surface area contributed by atoms with Gasteiger partial charge in [0.15, 0.2) is 0 Å². The van der Waals surface area contributed by atoms with Crippen molar-refractivity contribution in [1.29, 1.82) is 0 Å². The van der Waals surface area contributed by atoms with Crippen LogP contribution < -0.4 is 0 Å². The molecule has 182 valence electrons. The van der Waals surface area contributed by atoms with E-state index in [1.807, 2.05) is 30.5 Å². The molecule has 0 aliphatic carbocycles. The predicted octanol–water partition coefficient (Wildman–Crippen LogP) is 5.21. The monoisotopic (exact) mass is 538 g/mol. The Bertz CT molecular complexity index is 1320. The molecule has 0 N–H and O–H groups in total. The van der Waals surface area contributed by atoms with Crippen molar-refractivity contribution in [3.05, 3.63) is 81.5 Å². The topological polar surface area (TPSA) is 74.8 Å². The lowest BCUT2D eigenvalue weighted by atomic mass is 10.0. The van der Waals surface area contributed by atoms with E-state index in [0.29, 0.717) is 29.6 Å². The van der Waals surface area contributed by atoms with Crippen LogP contribution in [-0.4, -0.2) is 38.5 Å². The van der Waals surface area contributed by atoms with Gasteiger partial charge in [-0.1, -0.05) is 42.8 Å². The van der Waals surface area contributed by atoms with Gasteiger partial charge in [-0.15, -0.1) is 11.3 Å². The third-order valence-electron chi connectivity index (χ3n) is 5.94. The molecule has 1 aliphatic rings. The normalized spacial score (nSPS) is 17.8. The molecule has 34 heavy (non-hydrogen) atoms. The minimum Gasteiger partial charge on any atom is -0.207 e. The minimum absolute atomic E-state index is 0.0436. The molecule has 0 saturated carbocycles. The number of piperidine rings is 1. The molecule has 0 bridgehead atoms. The van der Waals surface area contributed by atoms with Crippen LogP contribution >= 0.6 is 22.9 Å². The average molecular weight is 539 g/mol. The Balaban J connectivity index is 1.63. The third-order valence-corrected chi connectivity index (χ3v) is 10.9. The van der Waals surface area contributed by atoms with Crippen LogP contribution in [-0.2, 0) is 33.1 Å². The Morgan fingerprint density at radius 3 is 2.32 bits per heavy atom. The van der Waals surface area contributed by atoms with E-state index in [2.05, 4.69) is 0 Å². The highest BCUT2D eigenvalue weighted by molar-refractivity contribution is 7.89. The summed E-state index contributed by atoms with van der Waals surface area (Å²) in [6.45, 7) is 3.30. The van der Waals surface area contributed by atoms with Crippen molar-refractivity contribution < 1.29 is 16.8 Å². The predicted molar refractivity (Wildman–Crippen MR) is 136 cm³/mol. The van der Waals surface area contributed by atoms with Crippen LogP contribution in [0.2, 0.25) is 5.02 Å². The lowest BCUT2D eigenvalue weighted by molar-refractivity contribution is 0.281. The molecule has 0 amide bonds. The molecular formula is C24H27ClN2O4S3. The van der Waals surface area contributed by atoms with Crippen LogP contribution in [0.3, 0.4) is 0 Å². The van der Waals surface area contributed by atoms with Crippen LogP contribution in [0, 0.1) is 5.92 Å². The summed E-state index contributed by atoms with van der Waals surface area (Å²) in [5, 5.41) is 2.39. The van der Waals surface area contributed by atoms with Gasteiger partial charge < -0.3 is 0 Å². The molecule has 6 nitrogen and oxygen atoms in total. The molecule has 1 aliphatic heterocycles. The second-order valence-electron chi connectivity index (χ2n) is 8.53. The van der Waals surface area contributed by atoms with Crippen LogP contribution in [0.1, 0.15) is 30.2 Å². The summed E-state index contributed by atoms with van der Waals surface area (Å²) in [4.78, 5) is 1.05. The molecule has 2 aromatic carbocycles. The van der Waals surface area contributed by atoms with E-state index in [1.165, 1.54) is 44.2 Å². The highest BCUT2D eigenvalue weighted by Crippen LogP contribution is 2.28. The summed E-state index contributed by atoms with van der Waals surface area (Å²) >= 11 is 7.79. The Morgan fingerprint density at radius 2 is 1.68 bits per heavy atom. The first-order valence-corrected chi connectivity index (χ1v) is 15.2. The lowest BCUT2D eigenvalue weighted by Crippen LogP contribution is -2.39. The molecule has 0 spiro atoms. The van der Waals surface area contributed by atoms with Crippen molar-refractivity contribution >= 4 is 43.0 Å². The molecule has 3 aromatic rings. The Labute approximate surface area is 210 Å². The van der Waals surface area contributed by atoms with Crippen LogP contribution in [0.15, 0.2) is 75.8 Å². The van der Waals surface area contributed by atoms with E-state index in [1.54, 1.807) is 18.2 Å². The number of sulfonamides is 2. The van der Waals surface area contributed by atoms with Crippen molar-refractivity contribution in [2.75, 3.05) is 13.1 Å². The summed E-state index contributed by atoms with van der Waals surface area (Å²) in [7, 11) is -7.58. The van der Waals surface area contributed by atoms with Gasteiger partial charge in [0.25, 0.3) is 0 Å². The van der Waals surface area contributed by atoms with Crippen molar-refractivity contribution in [1.82, 2.24) is 8.61 Å². The van der Waals surface area contributed by atoms with Crippen LogP contribution in [0.25, 0.3) is 0 Å². The second kappa shape index (κ2) is 10.5. The number of benzene rings is 2. The first-order chi connectivity index (χ1) is 16.2. The number of nitrogens with zero attached hydrogens (tertiary/aromatic N) is 2. The molecule has 0 unspecified atom stereocenters.